The van der Waals surface area contributed by atoms with Crippen molar-refractivity contribution >= 4 is 11.9 Å². The maximum atomic E-state index is 15.4. The molecule has 4 heterocycles. The van der Waals surface area contributed by atoms with Crippen LogP contribution in [0.4, 0.5) is 10.3 Å². The molecule has 3 aliphatic rings. The van der Waals surface area contributed by atoms with Crippen molar-refractivity contribution in [2.24, 2.45) is 5.92 Å². The normalized spacial score (nSPS) is 22.7. The number of rotatable bonds is 5. The summed E-state index contributed by atoms with van der Waals surface area (Å²) in [5.74, 6) is 6.58. The number of amides is 1. The molecule has 1 aromatic carbocycles. The van der Waals surface area contributed by atoms with Crippen LogP contribution in [0.1, 0.15) is 61.1 Å². The van der Waals surface area contributed by atoms with Gasteiger partial charge in [0.25, 0.3) is 5.91 Å². The highest BCUT2D eigenvalue weighted by atomic mass is 19.1. The highest BCUT2D eigenvalue weighted by Crippen LogP contribution is 2.42. The van der Waals surface area contributed by atoms with E-state index in [1.54, 1.807) is 36.4 Å². The Morgan fingerprint density at radius 3 is 2.86 bits per heavy atom. The molecular formula is C27H27FN6O2. The van der Waals surface area contributed by atoms with E-state index in [0.29, 0.717) is 42.1 Å². The van der Waals surface area contributed by atoms with Crippen molar-refractivity contribution in [1.82, 2.24) is 24.8 Å². The summed E-state index contributed by atoms with van der Waals surface area (Å²) in [6.07, 6.45) is 6.13. The first kappa shape index (κ1) is 22.6. The molecule has 2 aliphatic heterocycles. The van der Waals surface area contributed by atoms with Gasteiger partial charge in [-0.2, -0.15) is 0 Å². The van der Waals surface area contributed by atoms with Crippen LogP contribution in [-0.2, 0) is 4.79 Å². The van der Waals surface area contributed by atoms with Crippen LogP contribution < -0.4 is 15.8 Å². The van der Waals surface area contributed by atoms with Gasteiger partial charge in [-0.1, -0.05) is 5.92 Å². The van der Waals surface area contributed by atoms with Crippen LogP contribution >= 0.6 is 0 Å². The minimum Gasteiger partial charge on any atom is -0.439 e. The third-order valence-electron chi connectivity index (χ3n) is 7.28. The average Bonchev–Trinajstić information content (AvgIpc) is 3.30. The molecule has 9 heteroatoms. The number of carbonyl (C=O) groups excluding carboxylic acids is 1. The van der Waals surface area contributed by atoms with Crippen LogP contribution in [0.2, 0.25) is 0 Å². The molecule has 184 valence electrons. The van der Waals surface area contributed by atoms with Crippen LogP contribution in [-0.4, -0.2) is 38.4 Å². The Hall–Kier alpha value is -3.90. The number of nitrogen functional groups attached to an aromatic ring is 1. The Bertz CT molecular complexity index is 1390. The predicted molar refractivity (Wildman–Crippen MR) is 131 cm³/mol. The Morgan fingerprint density at radius 2 is 2.08 bits per heavy atom. The number of anilines is 1. The predicted octanol–water partition coefficient (Wildman–Crippen LogP) is 3.73. The SMILES string of the molecule is CC#CC(=O)N1CCC(C2NC(c3ccc(Oc4cc(C5CC5)ccn4)cc3F)n3c2cnc3N)C1. The molecule has 2 fully saturated rings. The molecule has 2 aromatic heterocycles. The lowest BCUT2D eigenvalue weighted by atomic mass is 9.97. The quantitative estimate of drug-likeness (QED) is 0.534. The van der Waals surface area contributed by atoms with Gasteiger partial charge in [-0.25, -0.2) is 14.4 Å². The number of pyridine rings is 1. The Morgan fingerprint density at radius 1 is 1.22 bits per heavy atom. The largest absolute Gasteiger partial charge is 0.439 e. The number of nitrogens with one attached hydrogen (secondary N) is 1. The van der Waals surface area contributed by atoms with E-state index in [9.17, 15) is 4.79 Å². The summed E-state index contributed by atoms with van der Waals surface area (Å²) in [4.78, 5) is 22.6. The summed E-state index contributed by atoms with van der Waals surface area (Å²) in [7, 11) is 0. The van der Waals surface area contributed by atoms with Crippen LogP contribution in [0.25, 0.3) is 0 Å². The number of fused-ring (bicyclic) bond motifs is 1. The van der Waals surface area contributed by atoms with E-state index in [0.717, 1.165) is 12.1 Å². The lowest BCUT2D eigenvalue weighted by molar-refractivity contribution is -0.124. The monoisotopic (exact) mass is 486 g/mol. The molecule has 8 nitrogen and oxygen atoms in total. The molecule has 0 bridgehead atoms. The van der Waals surface area contributed by atoms with Crippen molar-refractivity contribution < 1.29 is 13.9 Å². The molecule has 0 radical (unpaired) electrons. The summed E-state index contributed by atoms with van der Waals surface area (Å²) >= 11 is 0. The average molecular weight is 487 g/mol. The summed E-state index contributed by atoms with van der Waals surface area (Å²) in [5.41, 5.74) is 8.73. The molecule has 1 saturated heterocycles. The number of ether oxygens (including phenoxy) is 1. The van der Waals surface area contributed by atoms with Crippen molar-refractivity contribution in [2.75, 3.05) is 18.8 Å². The number of benzene rings is 1. The Kier molecular flexibility index (Phi) is 5.61. The second kappa shape index (κ2) is 8.95. The van der Waals surface area contributed by atoms with Gasteiger partial charge in [0.2, 0.25) is 11.8 Å². The van der Waals surface area contributed by atoms with Crippen LogP contribution in [0, 0.1) is 23.6 Å². The highest BCUT2D eigenvalue weighted by molar-refractivity contribution is 5.93. The summed E-state index contributed by atoms with van der Waals surface area (Å²) in [5, 5.41) is 3.54. The van der Waals surface area contributed by atoms with Gasteiger partial charge in [0, 0.05) is 37.0 Å². The van der Waals surface area contributed by atoms with Gasteiger partial charge < -0.3 is 15.4 Å². The number of halogens is 1. The number of imidazole rings is 1. The van der Waals surface area contributed by atoms with Crippen molar-refractivity contribution in [3.63, 3.8) is 0 Å². The van der Waals surface area contributed by atoms with Crippen molar-refractivity contribution in [3.05, 3.63) is 65.4 Å². The summed E-state index contributed by atoms with van der Waals surface area (Å²) in [6.45, 7) is 2.87. The maximum absolute atomic E-state index is 15.4. The molecule has 1 aliphatic carbocycles. The van der Waals surface area contributed by atoms with E-state index in [4.69, 9.17) is 10.5 Å². The number of aromatic nitrogens is 3. The topological polar surface area (TPSA) is 98.3 Å². The van der Waals surface area contributed by atoms with Crippen LogP contribution in [0.3, 0.4) is 0 Å². The fourth-order valence-electron chi connectivity index (χ4n) is 5.33. The number of carbonyl (C=O) groups is 1. The zero-order valence-electron chi connectivity index (χ0n) is 19.9. The van der Waals surface area contributed by atoms with Gasteiger partial charge in [-0.15, -0.1) is 0 Å². The van der Waals surface area contributed by atoms with E-state index >= 15 is 4.39 Å². The molecular weight excluding hydrogens is 459 g/mol. The smallest absolute Gasteiger partial charge is 0.298 e. The van der Waals surface area contributed by atoms with E-state index in [-0.39, 0.29) is 17.9 Å². The zero-order chi connectivity index (χ0) is 24.8. The zero-order valence-corrected chi connectivity index (χ0v) is 19.9. The fourth-order valence-corrected chi connectivity index (χ4v) is 5.33. The molecule has 0 spiro atoms. The van der Waals surface area contributed by atoms with Gasteiger partial charge >= 0.3 is 0 Å². The van der Waals surface area contributed by atoms with Gasteiger partial charge in [0.15, 0.2) is 0 Å². The molecule has 3 atom stereocenters. The number of nitrogens with zero attached hydrogens (tertiary/aromatic N) is 4. The van der Waals surface area contributed by atoms with E-state index in [2.05, 4.69) is 27.1 Å². The van der Waals surface area contributed by atoms with Crippen molar-refractivity contribution in [1.29, 1.82) is 0 Å². The minimum absolute atomic E-state index is 0.114. The first-order valence-corrected chi connectivity index (χ1v) is 12.3. The molecule has 36 heavy (non-hydrogen) atoms. The fraction of sp³-hybridized carbons (Fsp3) is 0.370. The van der Waals surface area contributed by atoms with Gasteiger partial charge in [-0.3, -0.25) is 14.7 Å². The Balaban J connectivity index is 1.22. The lowest BCUT2D eigenvalue weighted by Gasteiger charge is -2.21. The van der Waals surface area contributed by atoms with E-state index in [1.807, 2.05) is 16.7 Å². The highest BCUT2D eigenvalue weighted by Gasteiger charge is 2.41. The van der Waals surface area contributed by atoms with Gasteiger partial charge in [0.1, 0.15) is 17.7 Å². The van der Waals surface area contributed by atoms with Crippen molar-refractivity contribution in [2.45, 2.75) is 44.3 Å². The first-order chi connectivity index (χ1) is 17.5. The molecule has 1 amide bonds. The van der Waals surface area contributed by atoms with Gasteiger partial charge in [0.05, 0.1) is 17.9 Å². The molecule has 6 rings (SSSR count). The van der Waals surface area contributed by atoms with Crippen molar-refractivity contribution in [3.8, 4) is 23.5 Å². The summed E-state index contributed by atoms with van der Waals surface area (Å²) in [6, 6.07) is 8.64. The Labute approximate surface area is 208 Å². The molecule has 1 saturated carbocycles. The minimum atomic E-state index is -0.516. The maximum Gasteiger partial charge on any atom is 0.298 e. The number of hydrogen-bond donors (Lipinski definition) is 2. The van der Waals surface area contributed by atoms with Gasteiger partial charge in [-0.05, 0) is 67.7 Å². The second-order valence-corrected chi connectivity index (χ2v) is 9.62. The first-order valence-electron chi connectivity index (χ1n) is 12.3. The number of nitrogens with two attached hydrogens (primary N) is 1. The molecule has 3 unspecified atom stereocenters. The van der Waals surface area contributed by atoms with E-state index < -0.39 is 12.0 Å². The van der Waals surface area contributed by atoms with E-state index in [1.165, 1.54) is 24.5 Å². The summed E-state index contributed by atoms with van der Waals surface area (Å²) < 4.78 is 23.1. The standard InChI is InChI=1S/C27H27FN6O2/c1-2-3-24(35)33-11-9-18(15-33)25-22-14-31-27(29)34(22)26(32-25)20-7-6-19(13-21(20)28)36-23-12-17(8-10-30-23)16-4-5-16/h6-8,10,12-14,16,18,25-26,32H,4-5,9,11,15H2,1H3,(H2,29,31). The third kappa shape index (κ3) is 4.07. The number of likely N-dealkylation sites (tertiary alicyclic amines) is 1. The lowest BCUT2D eigenvalue weighted by Crippen LogP contribution is -2.31. The molecule has 3 N–H and O–H groups in total. The third-order valence-corrected chi connectivity index (χ3v) is 7.28. The number of hydrogen-bond acceptors (Lipinski definition) is 6. The molecule has 3 aromatic rings. The van der Waals surface area contributed by atoms with Crippen LogP contribution in [0.15, 0.2) is 42.7 Å². The second-order valence-electron chi connectivity index (χ2n) is 9.62. The van der Waals surface area contributed by atoms with Crippen LogP contribution in [0.5, 0.6) is 11.6 Å².